The van der Waals surface area contributed by atoms with Gasteiger partial charge in [-0.1, -0.05) is 61.9 Å². The monoisotopic (exact) mass is 501 g/mol. The van der Waals surface area contributed by atoms with Gasteiger partial charge in [0, 0.05) is 18.3 Å². The number of rotatable bonds is 9. The Kier molecular flexibility index (Phi) is 8.08. The zero-order valence-corrected chi connectivity index (χ0v) is 21.3. The highest BCUT2D eigenvalue weighted by molar-refractivity contribution is 5.94. The molecule has 2 aromatic carbocycles. The number of hydrogen-bond donors (Lipinski definition) is 1. The minimum absolute atomic E-state index is 0.192. The van der Waals surface area contributed by atoms with E-state index in [9.17, 15) is 14.0 Å². The van der Waals surface area contributed by atoms with Crippen LogP contribution in [0.3, 0.4) is 0 Å². The maximum absolute atomic E-state index is 14.8. The molecule has 0 saturated heterocycles. The first-order valence-electron chi connectivity index (χ1n) is 12.4. The number of nitrogens with two attached hydrogens (primary N) is 1. The summed E-state index contributed by atoms with van der Waals surface area (Å²) in [6.45, 7) is 5.60. The summed E-state index contributed by atoms with van der Waals surface area (Å²) in [7, 11) is 0. The fourth-order valence-corrected chi connectivity index (χ4v) is 4.50. The third kappa shape index (κ3) is 5.75. The van der Waals surface area contributed by atoms with Crippen LogP contribution < -0.4 is 11.3 Å². The standard InChI is InChI=1S/C29H32FN5O2/c1-19(2)26(34(18-23(30)15-31)28(36)22-11-9-20(3)10-12-22)27-33-25-16-32-14-13-24(25)29(37)35(27)17-21-7-5-4-6-8-21/h4-14,16,19,23,26H,15,17-18,31H2,1-3H3/t23-,26-/m1/s1. The lowest BCUT2D eigenvalue weighted by Crippen LogP contribution is -2.45. The van der Waals surface area contributed by atoms with E-state index < -0.39 is 12.2 Å². The number of pyridine rings is 1. The number of fused-ring (bicyclic) bond motifs is 1. The van der Waals surface area contributed by atoms with Crippen molar-refractivity contribution in [1.82, 2.24) is 19.4 Å². The Morgan fingerprint density at radius 3 is 2.43 bits per heavy atom. The van der Waals surface area contributed by atoms with Gasteiger partial charge in [-0.25, -0.2) is 9.37 Å². The van der Waals surface area contributed by atoms with E-state index in [4.69, 9.17) is 10.7 Å². The molecule has 37 heavy (non-hydrogen) atoms. The van der Waals surface area contributed by atoms with E-state index in [-0.39, 0.29) is 37.0 Å². The van der Waals surface area contributed by atoms with Crippen LogP contribution in [-0.2, 0) is 6.54 Å². The summed E-state index contributed by atoms with van der Waals surface area (Å²) in [5.41, 5.74) is 8.17. The zero-order valence-electron chi connectivity index (χ0n) is 21.3. The molecule has 7 nitrogen and oxygen atoms in total. The first-order chi connectivity index (χ1) is 17.8. The van der Waals surface area contributed by atoms with E-state index in [1.807, 2.05) is 63.2 Å². The molecule has 8 heteroatoms. The summed E-state index contributed by atoms with van der Waals surface area (Å²) in [5, 5.41) is 0.430. The molecule has 0 aliphatic heterocycles. The molecule has 2 aromatic heterocycles. The Hall–Kier alpha value is -3.91. The average molecular weight is 502 g/mol. The first kappa shape index (κ1) is 26.2. The number of aryl methyl sites for hydroxylation is 1. The highest BCUT2D eigenvalue weighted by Gasteiger charge is 2.34. The average Bonchev–Trinajstić information content (AvgIpc) is 2.90. The second-order valence-corrected chi connectivity index (χ2v) is 9.59. The Labute approximate surface area is 215 Å². The Morgan fingerprint density at radius 1 is 1.08 bits per heavy atom. The molecule has 4 rings (SSSR count). The fraction of sp³-hybridized carbons (Fsp3) is 0.310. The number of aromatic nitrogens is 3. The number of alkyl halides is 1. The van der Waals surface area contributed by atoms with Crippen LogP contribution in [-0.4, -0.2) is 44.6 Å². The predicted octanol–water partition coefficient (Wildman–Crippen LogP) is 4.28. The van der Waals surface area contributed by atoms with E-state index in [0.717, 1.165) is 11.1 Å². The van der Waals surface area contributed by atoms with Crippen molar-refractivity contribution in [2.24, 2.45) is 11.7 Å². The number of carbonyl (C=O) groups is 1. The van der Waals surface area contributed by atoms with Crippen molar-refractivity contribution in [2.45, 2.75) is 39.5 Å². The lowest BCUT2D eigenvalue weighted by molar-refractivity contribution is 0.0534. The van der Waals surface area contributed by atoms with Crippen LogP contribution in [0.4, 0.5) is 4.39 Å². The van der Waals surface area contributed by atoms with Crippen molar-refractivity contribution in [3.63, 3.8) is 0 Å². The van der Waals surface area contributed by atoms with Crippen LogP contribution >= 0.6 is 0 Å². The van der Waals surface area contributed by atoms with Crippen LogP contribution in [0.5, 0.6) is 0 Å². The van der Waals surface area contributed by atoms with E-state index >= 15 is 0 Å². The van der Waals surface area contributed by atoms with Crippen molar-refractivity contribution in [3.8, 4) is 0 Å². The highest BCUT2D eigenvalue weighted by Crippen LogP contribution is 2.30. The third-order valence-electron chi connectivity index (χ3n) is 6.41. The molecule has 0 saturated carbocycles. The summed E-state index contributed by atoms with van der Waals surface area (Å²) in [5.74, 6) is -0.155. The van der Waals surface area contributed by atoms with Gasteiger partial charge in [0.05, 0.1) is 36.2 Å². The van der Waals surface area contributed by atoms with Crippen LogP contribution in [0.1, 0.15) is 47.2 Å². The van der Waals surface area contributed by atoms with Gasteiger partial charge in [0.25, 0.3) is 11.5 Å². The van der Waals surface area contributed by atoms with Gasteiger partial charge in [-0.3, -0.25) is 19.1 Å². The summed E-state index contributed by atoms with van der Waals surface area (Å²) in [6.07, 6.45) is 1.65. The predicted molar refractivity (Wildman–Crippen MR) is 143 cm³/mol. The van der Waals surface area contributed by atoms with E-state index in [1.54, 1.807) is 29.0 Å². The lowest BCUT2D eigenvalue weighted by Gasteiger charge is -2.36. The minimum Gasteiger partial charge on any atom is -0.328 e. The second kappa shape index (κ2) is 11.4. The normalized spacial score (nSPS) is 13.0. The Morgan fingerprint density at radius 2 is 1.78 bits per heavy atom. The number of amides is 1. The zero-order chi connectivity index (χ0) is 26.5. The molecule has 0 fully saturated rings. The van der Waals surface area contributed by atoms with Gasteiger partial charge < -0.3 is 10.6 Å². The molecule has 2 N–H and O–H groups in total. The second-order valence-electron chi connectivity index (χ2n) is 9.59. The quantitative estimate of drug-likeness (QED) is 0.369. The molecular formula is C29H32FN5O2. The van der Waals surface area contributed by atoms with Crippen molar-refractivity contribution >= 4 is 16.8 Å². The Bertz CT molecular complexity index is 1420. The third-order valence-corrected chi connectivity index (χ3v) is 6.41. The largest absolute Gasteiger partial charge is 0.328 e. The van der Waals surface area contributed by atoms with Gasteiger partial charge in [-0.2, -0.15) is 0 Å². The molecule has 1 amide bonds. The SMILES string of the molecule is Cc1ccc(C(=O)N(C[C@H](F)CN)[C@@H](c2nc3cnccc3c(=O)n2Cc2ccccc2)C(C)C)cc1. The number of carbonyl (C=O) groups excluding carboxylic acids is 1. The molecule has 0 bridgehead atoms. The molecule has 4 aromatic rings. The molecule has 0 aliphatic carbocycles. The maximum Gasteiger partial charge on any atom is 0.261 e. The summed E-state index contributed by atoms with van der Waals surface area (Å²) >= 11 is 0. The molecule has 2 heterocycles. The summed E-state index contributed by atoms with van der Waals surface area (Å²) < 4.78 is 16.4. The topological polar surface area (TPSA) is 94.1 Å². The van der Waals surface area contributed by atoms with Crippen LogP contribution in [0.15, 0.2) is 77.9 Å². The molecule has 0 spiro atoms. The molecule has 0 radical (unpaired) electrons. The van der Waals surface area contributed by atoms with Gasteiger partial charge in [-0.05, 0) is 36.6 Å². The fourth-order valence-electron chi connectivity index (χ4n) is 4.50. The molecule has 192 valence electrons. The lowest BCUT2D eigenvalue weighted by atomic mass is 9.98. The van der Waals surface area contributed by atoms with Crippen LogP contribution in [0, 0.1) is 12.8 Å². The van der Waals surface area contributed by atoms with Crippen molar-refractivity contribution < 1.29 is 9.18 Å². The minimum atomic E-state index is -1.44. The molecule has 2 atom stereocenters. The van der Waals surface area contributed by atoms with E-state index in [0.29, 0.717) is 22.3 Å². The van der Waals surface area contributed by atoms with Gasteiger partial charge in [-0.15, -0.1) is 0 Å². The van der Waals surface area contributed by atoms with Crippen LogP contribution in [0.25, 0.3) is 10.9 Å². The first-order valence-corrected chi connectivity index (χ1v) is 12.4. The van der Waals surface area contributed by atoms with Crippen molar-refractivity contribution in [2.75, 3.05) is 13.1 Å². The molecular weight excluding hydrogens is 469 g/mol. The molecule has 0 aliphatic rings. The van der Waals surface area contributed by atoms with Gasteiger partial charge in [0.1, 0.15) is 12.0 Å². The van der Waals surface area contributed by atoms with E-state index in [2.05, 4.69) is 4.98 Å². The summed E-state index contributed by atoms with van der Waals surface area (Å²) in [4.78, 5) is 38.1. The van der Waals surface area contributed by atoms with Crippen molar-refractivity contribution in [1.29, 1.82) is 0 Å². The summed E-state index contributed by atoms with van der Waals surface area (Å²) in [6, 6.07) is 17.7. The Balaban J connectivity index is 1.92. The molecule has 0 unspecified atom stereocenters. The smallest absolute Gasteiger partial charge is 0.261 e. The van der Waals surface area contributed by atoms with Crippen molar-refractivity contribution in [3.05, 3.63) is 106 Å². The number of halogens is 1. The highest BCUT2D eigenvalue weighted by atomic mass is 19.1. The van der Waals surface area contributed by atoms with Gasteiger partial charge in [0.15, 0.2) is 0 Å². The van der Waals surface area contributed by atoms with E-state index in [1.165, 1.54) is 11.1 Å². The number of nitrogens with zero attached hydrogens (tertiary/aromatic N) is 4. The maximum atomic E-state index is 14.8. The number of hydrogen-bond acceptors (Lipinski definition) is 5. The number of benzene rings is 2. The van der Waals surface area contributed by atoms with Gasteiger partial charge in [0.2, 0.25) is 0 Å². The van der Waals surface area contributed by atoms with Crippen LogP contribution in [0.2, 0.25) is 0 Å². The van der Waals surface area contributed by atoms with Gasteiger partial charge >= 0.3 is 0 Å².